The summed E-state index contributed by atoms with van der Waals surface area (Å²) in [7, 11) is 0. The highest BCUT2D eigenvalue weighted by molar-refractivity contribution is 4.86. The second kappa shape index (κ2) is 6.19. The molecule has 0 radical (unpaired) electrons. The van der Waals surface area contributed by atoms with Crippen LogP contribution in [0, 0.1) is 5.92 Å². The zero-order valence-electron chi connectivity index (χ0n) is 12.0. The Balaban J connectivity index is 1.83. The molecule has 2 aliphatic rings. The van der Waals surface area contributed by atoms with Gasteiger partial charge in [0.1, 0.15) is 0 Å². The monoisotopic (exact) mass is 238 g/mol. The highest BCUT2D eigenvalue weighted by Crippen LogP contribution is 2.23. The van der Waals surface area contributed by atoms with Crippen molar-refractivity contribution in [2.75, 3.05) is 26.2 Å². The van der Waals surface area contributed by atoms with Crippen molar-refractivity contribution in [2.45, 2.75) is 65.0 Å². The summed E-state index contributed by atoms with van der Waals surface area (Å²) in [6, 6.07) is 1.66. The molecule has 0 bridgehead atoms. The van der Waals surface area contributed by atoms with Crippen molar-refractivity contribution in [1.82, 2.24) is 9.80 Å². The maximum Gasteiger partial charge on any atom is 0.0223 e. The molecule has 2 aliphatic heterocycles. The molecular weight excluding hydrogens is 208 g/mol. The van der Waals surface area contributed by atoms with Crippen molar-refractivity contribution < 1.29 is 0 Å². The Morgan fingerprint density at radius 2 is 1.76 bits per heavy atom. The van der Waals surface area contributed by atoms with Gasteiger partial charge in [-0.1, -0.05) is 13.8 Å². The summed E-state index contributed by atoms with van der Waals surface area (Å²) in [4.78, 5) is 5.49. The van der Waals surface area contributed by atoms with Gasteiger partial charge in [0.05, 0.1) is 0 Å². The summed E-state index contributed by atoms with van der Waals surface area (Å²) < 4.78 is 0. The van der Waals surface area contributed by atoms with Crippen LogP contribution in [0.4, 0.5) is 0 Å². The average molecular weight is 238 g/mol. The van der Waals surface area contributed by atoms with Gasteiger partial charge in [-0.15, -0.1) is 0 Å². The molecule has 2 rings (SSSR count). The summed E-state index contributed by atoms with van der Waals surface area (Å²) in [6.45, 7) is 12.5. The van der Waals surface area contributed by atoms with E-state index in [0.29, 0.717) is 0 Å². The van der Waals surface area contributed by atoms with E-state index in [0.717, 1.165) is 18.0 Å². The first-order valence-electron chi connectivity index (χ1n) is 7.65. The molecule has 0 spiro atoms. The first-order chi connectivity index (χ1) is 8.16. The smallest absolute Gasteiger partial charge is 0.0223 e. The second-order valence-corrected chi connectivity index (χ2v) is 6.50. The second-order valence-electron chi connectivity index (χ2n) is 6.50. The molecule has 0 saturated carbocycles. The van der Waals surface area contributed by atoms with E-state index >= 15 is 0 Å². The lowest BCUT2D eigenvalue weighted by molar-refractivity contribution is 0.170. The van der Waals surface area contributed by atoms with Gasteiger partial charge in [0.2, 0.25) is 0 Å². The van der Waals surface area contributed by atoms with E-state index in [9.17, 15) is 0 Å². The zero-order valence-corrected chi connectivity index (χ0v) is 12.0. The van der Waals surface area contributed by atoms with Gasteiger partial charge in [-0.25, -0.2) is 0 Å². The molecule has 0 aliphatic carbocycles. The molecule has 0 N–H and O–H groups in total. The minimum Gasteiger partial charge on any atom is -0.299 e. The van der Waals surface area contributed by atoms with Crippen LogP contribution in [0.15, 0.2) is 0 Å². The molecule has 17 heavy (non-hydrogen) atoms. The molecule has 2 unspecified atom stereocenters. The van der Waals surface area contributed by atoms with Crippen LogP contribution < -0.4 is 0 Å². The highest BCUT2D eigenvalue weighted by atomic mass is 15.3. The number of hydrogen-bond donors (Lipinski definition) is 0. The van der Waals surface area contributed by atoms with Crippen LogP contribution >= 0.6 is 0 Å². The standard InChI is InChI=1S/C15H30N2/c1-13(2)7-8-14(3)17-11-5-10-16-9-4-6-15(16)12-17/h13-15H,4-12H2,1-3H3. The van der Waals surface area contributed by atoms with Gasteiger partial charge < -0.3 is 0 Å². The van der Waals surface area contributed by atoms with E-state index in [1.54, 1.807) is 0 Å². The van der Waals surface area contributed by atoms with Crippen LogP contribution in [0.25, 0.3) is 0 Å². The van der Waals surface area contributed by atoms with Gasteiger partial charge in [0, 0.05) is 18.6 Å². The lowest BCUT2D eigenvalue weighted by Gasteiger charge is -2.31. The van der Waals surface area contributed by atoms with Gasteiger partial charge in [-0.2, -0.15) is 0 Å². The third-order valence-electron chi connectivity index (χ3n) is 4.62. The molecule has 0 aromatic heterocycles. The number of hydrogen-bond acceptors (Lipinski definition) is 2. The fourth-order valence-electron chi connectivity index (χ4n) is 3.39. The van der Waals surface area contributed by atoms with Crippen LogP contribution in [0.3, 0.4) is 0 Å². The van der Waals surface area contributed by atoms with Crippen molar-refractivity contribution in [2.24, 2.45) is 5.92 Å². The van der Waals surface area contributed by atoms with Crippen molar-refractivity contribution in [3.8, 4) is 0 Å². The fraction of sp³-hybridized carbons (Fsp3) is 1.00. The topological polar surface area (TPSA) is 6.48 Å². The van der Waals surface area contributed by atoms with E-state index in [4.69, 9.17) is 0 Å². The van der Waals surface area contributed by atoms with E-state index in [1.165, 1.54) is 58.3 Å². The highest BCUT2D eigenvalue weighted by Gasteiger charge is 2.30. The SMILES string of the molecule is CC(C)CCC(C)N1CCCN2CCCC2C1. The number of nitrogens with zero attached hydrogens (tertiary/aromatic N) is 2. The van der Waals surface area contributed by atoms with Crippen molar-refractivity contribution in [3.05, 3.63) is 0 Å². The number of fused-ring (bicyclic) bond motifs is 1. The summed E-state index contributed by atoms with van der Waals surface area (Å²) in [5, 5.41) is 0. The van der Waals surface area contributed by atoms with E-state index < -0.39 is 0 Å². The lowest BCUT2D eigenvalue weighted by Crippen LogP contribution is -2.40. The Bertz CT molecular complexity index is 227. The van der Waals surface area contributed by atoms with Crippen LogP contribution in [0.5, 0.6) is 0 Å². The Labute approximate surface area is 107 Å². The Hall–Kier alpha value is -0.0800. The molecular formula is C15H30N2. The maximum atomic E-state index is 2.76. The predicted molar refractivity (Wildman–Crippen MR) is 74.3 cm³/mol. The van der Waals surface area contributed by atoms with Gasteiger partial charge in [-0.3, -0.25) is 9.80 Å². The van der Waals surface area contributed by atoms with Crippen LogP contribution in [0.2, 0.25) is 0 Å². The Morgan fingerprint density at radius 1 is 1.00 bits per heavy atom. The first kappa shape index (κ1) is 13.4. The van der Waals surface area contributed by atoms with Gasteiger partial charge in [0.25, 0.3) is 0 Å². The molecule has 0 aromatic carbocycles. The minimum absolute atomic E-state index is 0.790. The molecule has 2 heterocycles. The molecule has 2 nitrogen and oxygen atoms in total. The molecule has 2 atom stereocenters. The minimum atomic E-state index is 0.790. The average Bonchev–Trinajstić information content (AvgIpc) is 2.63. The Morgan fingerprint density at radius 3 is 2.53 bits per heavy atom. The van der Waals surface area contributed by atoms with Gasteiger partial charge in [0.15, 0.2) is 0 Å². The predicted octanol–water partition coefficient (Wildman–Crippen LogP) is 2.98. The van der Waals surface area contributed by atoms with Crippen LogP contribution in [0.1, 0.15) is 52.9 Å². The Kier molecular flexibility index (Phi) is 4.87. The third kappa shape index (κ3) is 3.69. The normalized spacial score (nSPS) is 29.3. The summed E-state index contributed by atoms with van der Waals surface area (Å²) >= 11 is 0. The molecule has 2 fully saturated rings. The summed E-state index contributed by atoms with van der Waals surface area (Å²) in [6.07, 6.45) is 7.01. The van der Waals surface area contributed by atoms with E-state index in [-0.39, 0.29) is 0 Å². The quantitative estimate of drug-likeness (QED) is 0.743. The third-order valence-corrected chi connectivity index (χ3v) is 4.62. The largest absolute Gasteiger partial charge is 0.299 e. The maximum absolute atomic E-state index is 2.76. The van der Waals surface area contributed by atoms with Crippen LogP contribution in [-0.4, -0.2) is 48.1 Å². The van der Waals surface area contributed by atoms with E-state index in [2.05, 4.69) is 30.6 Å². The molecule has 2 saturated heterocycles. The van der Waals surface area contributed by atoms with Crippen molar-refractivity contribution in [3.63, 3.8) is 0 Å². The zero-order chi connectivity index (χ0) is 12.3. The summed E-state index contributed by atoms with van der Waals surface area (Å²) in [5.74, 6) is 0.854. The lowest BCUT2D eigenvalue weighted by atomic mass is 10.0. The van der Waals surface area contributed by atoms with Crippen molar-refractivity contribution in [1.29, 1.82) is 0 Å². The molecule has 0 aromatic rings. The number of rotatable bonds is 4. The summed E-state index contributed by atoms with van der Waals surface area (Å²) in [5.41, 5.74) is 0. The first-order valence-corrected chi connectivity index (χ1v) is 7.65. The fourth-order valence-corrected chi connectivity index (χ4v) is 3.39. The molecule has 0 amide bonds. The van der Waals surface area contributed by atoms with Crippen LogP contribution in [-0.2, 0) is 0 Å². The van der Waals surface area contributed by atoms with E-state index in [1.807, 2.05) is 0 Å². The van der Waals surface area contributed by atoms with Crippen molar-refractivity contribution >= 4 is 0 Å². The van der Waals surface area contributed by atoms with Gasteiger partial charge >= 0.3 is 0 Å². The van der Waals surface area contributed by atoms with Gasteiger partial charge in [-0.05, 0) is 64.6 Å². The molecule has 2 heteroatoms. The molecule has 100 valence electrons.